The molecule has 0 saturated carbocycles. The summed E-state index contributed by atoms with van der Waals surface area (Å²) in [7, 11) is 1.59. The summed E-state index contributed by atoms with van der Waals surface area (Å²) < 4.78 is 23.0. The SMILES string of the molecule is COc1ccc(NC(C)C(=O)Oc2ccc(F)cc2)cc1. The van der Waals surface area contributed by atoms with E-state index < -0.39 is 12.0 Å². The summed E-state index contributed by atoms with van der Waals surface area (Å²) in [6.07, 6.45) is 0. The number of rotatable bonds is 5. The van der Waals surface area contributed by atoms with Crippen molar-refractivity contribution in [3.8, 4) is 11.5 Å². The number of ether oxygens (including phenoxy) is 2. The molecule has 2 rings (SSSR count). The maximum absolute atomic E-state index is 12.8. The van der Waals surface area contributed by atoms with Crippen LogP contribution >= 0.6 is 0 Å². The Kier molecular flexibility index (Phi) is 4.77. The van der Waals surface area contributed by atoms with Gasteiger partial charge in [-0.15, -0.1) is 0 Å². The van der Waals surface area contributed by atoms with Crippen molar-refractivity contribution >= 4 is 11.7 Å². The van der Waals surface area contributed by atoms with Gasteiger partial charge < -0.3 is 14.8 Å². The first kappa shape index (κ1) is 14.8. The van der Waals surface area contributed by atoms with Crippen LogP contribution in [-0.4, -0.2) is 19.1 Å². The molecule has 2 aromatic carbocycles. The van der Waals surface area contributed by atoms with E-state index in [0.29, 0.717) is 5.75 Å². The van der Waals surface area contributed by atoms with Gasteiger partial charge in [0.05, 0.1) is 7.11 Å². The number of methoxy groups -OCH3 is 1. The van der Waals surface area contributed by atoms with Gasteiger partial charge in [0.15, 0.2) is 0 Å². The van der Waals surface area contributed by atoms with Gasteiger partial charge in [-0.1, -0.05) is 0 Å². The fourth-order valence-corrected chi connectivity index (χ4v) is 1.70. The Balaban J connectivity index is 1.93. The van der Waals surface area contributed by atoms with E-state index >= 15 is 0 Å². The molecule has 0 aliphatic carbocycles. The number of nitrogens with one attached hydrogen (secondary N) is 1. The van der Waals surface area contributed by atoms with E-state index in [0.717, 1.165) is 11.4 Å². The van der Waals surface area contributed by atoms with Gasteiger partial charge in [0.2, 0.25) is 0 Å². The number of esters is 1. The van der Waals surface area contributed by atoms with E-state index in [9.17, 15) is 9.18 Å². The summed E-state index contributed by atoms with van der Waals surface area (Å²) in [6, 6.07) is 12.0. The van der Waals surface area contributed by atoms with Gasteiger partial charge in [-0.05, 0) is 55.5 Å². The van der Waals surface area contributed by atoms with Gasteiger partial charge in [0.1, 0.15) is 23.4 Å². The summed E-state index contributed by atoms with van der Waals surface area (Å²) in [5, 5.41) is 3.02. The molecule has 110 valence electrons. The van der Waals surface area contributed by atoms with Crippen LogP contribution in [0.4, 0.5) is 10.1 Å². The summed E-state index contributed by atoms with van der Waals surface area (Å²) in [5.74, 6) is 0.225. The van der Waals surface area contributed by atoms with E-state index in [-0.39, 0.29) is 5.82 Å². The lowest BCUT2D eigenvalue weighted by molar-refractivity contribution is -0.134. The molecule has 0 fully saturated rings. The molecule has 0 aliphatic rings. The average Bonchev–Trinajstić information content (AvgIpc) is 2.50. The summed E-state index contributed by atoms with van der Waals surface area (Å²) in [6.45, 7) is 1.69. The minimum Gasteiger partial charge on any atom is -0.497 e. The zero-order valence-corrected chi connectivity index (χ0v) is 11.8. The van der Waals surface area contributed by atoms with Gasteiger partial charge in [-0.25, -0.2) is 9.18 Å². The van der Waals surface area contributed by atoms with Gasteiger partial charge >= 0.3 is 5.97 Å². The van der Waals surface area contributed by atoms with E-state index in [1.54, 1.807) is 38.3 Å². The third-order valence-electron chi connectivity index (χ3n) is 2.86. The van der Waals surface area contributed by atoms with E-state index in [1.165, 1.54) is 24.3 Å². The smallest absolute Gasteiger partial charge is 0.333 e. The predicted octanol–water partition coefficient (Wildman–Crippen LogP) is 3.24. The predicted molar refractivity (Wildman–Crippen MR) is 78.1 cm³/mol. The number of hydrogen-bond donors (Lipinski definition) is 1. The number of halogens is 1. The largest absolute Gasteiger partial charge is 0.497 e. The van der Waals surface area contributed by atoms with Crippen LogP contribution in [0.3, 0.4) is 0 Å². The molecule has 21 heavy (non-hydrogen) atoms. The van der Waals surface area contributed by atoms with Crippen molar-refractivity contribution in [3.05, 3.63) is 54.3 Å². The normalized spacial score (nSPS) is 11.6. The van der Waals surface area contributed by atoms with Crippen molar-refractivity contribution in [1.29, 1.82) is 0 Å². The van der Waals surface area contributed by atoms with Crippen LogP contribution in [0.2, 0.25) is 0 Å². The third-order valence-corrected chi connectivity index (χ3v) is 2.86. The van der Waals surface area contributed by atoms with Crippen molar-refractivity contribution in [1.82, 2.24) is 0 Å². The molecule has 0 spiro atoms. The van der Waals surface area contributed by atoms with E-state index in [4.69, 9.17) is 9.47 Å². The molecule has 5 heteroatoms. The first-order valence-corrected chi connectivity index (χ1v) is 6.46. The molecule has 1 N–H and O–H groups in total. The zero-order chi connectivity index (χ0) is 15.2. The van der Waals surface area contributed by atoms with Crippen molar-refractivity contribution in [3.63, 3.8) is 0 Å². The highest BCUT2D eigenvalue weighted by molar-refractivity contribution is 5.80. The summed E-state index contributed by atoms with van der Waals surface area (Å²) >= 11 is 0. The Morgan fingerprint density at radius 3 is 2.19 bits per heavy atom. The maximum Gasteiger partial charge on any atom is 0.333 e. The molecule has 0 aromatic heterocycles. The van der Waals surface area contributed by atoms with Crippen LogP contribution in [-0.2, 0) is 4.79 Å². The lowest BCUT2D eigenvalue weighted by Gasteiger charge is -2.14. The molecule has 0 bridgehead atoms. The van der Waals surface area contributed by atoms with Gasteiger partial charge in [-0.3, -0.25) is 0 Å². The number of hydrogen-bond acceptors (Lipinski definition) is 4. The van der Waals surface area contributed by atoms with Crippen molar-refractivity contribution < 1.29 is 18.7 Å². The molecule has 0 saturated heterocycles. The topological polar surface area (TPSA) is 47.6 Å². The first-order valence-electron chi connectivity index (χ1n) is 6.46. The average molecular weight is 289 g/mol. The Hall–Kier alpha value is -2.56. The van der Waals surface area contributed by atoms with E-state index in [2.05, 4.69) is 5.32 Å². The number of anilines is 1. The number of benzene rings is 2. The molecule has 0 radical (unpaired) electrons. The Morgan fingerprint density at radius 1 is 1.05 bits per heavy atom. The van der Waals surface area contributed by atoms with Crippen LogP contribution in [0.5, 0.6) is 11.5 Å². The molecular formula is C16H16FNO3. The third kappa shape index (κ3) is 4.21. The lowest BCUT2D eigenvalue weighted by Crippen LogP contribution is -2.30. The number of carbonyl (C=O) groups is 1. The maximum atomic E-state index is 12.8. The molecule has 0 heterocycles. The van der Waals surface area contributed by atoms with Crippen LogP contribution < -0.4 is 14.8 Å². The Morgan fingerprint density at radius 2 is 1.62 bits per heavy atom. The molecule has 0 amide bonds. The van der Waals surface area contributed by atoms with Gasteiger partial charge in [-0.2, -0.15) is 0 Å². The minimum atomic E-state index is -0.538. The van der Waals surface area contributed by atoms with Crippen LogP contribution in [0.1, 0.15) is 6.92 Å². The van der Waals surface area contributed by atoms with E-state index in [1.807, 2.05) is 0 Å². The van der Waals surface area contributed by atoms with Crippen LogP contribution in [0, 0.1) is 5.82 Å². The van der Waals surface area contributed by atoms with Crippen molar-refractivity contribution in [2.45, 2.75) is 13.0 Å². The fourth-order valence-electron chi connectivity index (χ4n) is 1.70. The second-order valence-corrected chi connectivity index (χ2v) is 4.47. The quantitative estimate of drug-likeness (QED) is 0.678. The molecule has 1 unspecified atom stereocenters. The molecule has 4 nitrogen and oxygen atoms in total. The highest BCUT2D eigenvalue weighted by Crippen LogP contribution is 2.17. The summed E-state index contributed by atoms with van der Waals surface area (Å²) in [5.41, 5.74) is 0.777. The highest BCUT2D eigenvalue weighted by atomic mass is 19.1. The second-order valence-electron chi connectivity index (χ2n) is 4.47. The summed E-state index contributed by atoms with van der Waals surface area (Å²) in [4.78, 5) is 11.9. The molecule has 2 aromatic rings. The molecular weight excluding hydrogens is 273 g/mol. The Bertz CT molecular complexity index is 596. The zero-order valence-electron chi connectivity index (χ0n) is 11.8. The molecule has 1 atom stereocenters. The fraction of sp³-hybridized carbons (Fsp3) is 0.188. The number of carbonyl (C=O) groups excluding carboxylic acids is 1. The first-order chi connectivity index (χ1) is 10.1. The van der Waals surface area contributed by atoms with Crippen molar-refractivity contribution in [2.75, 3.05) is 12.4 Å². The van der Waals surface area contributed by atoms with Crippen LogP contribution in [0.25, 0.3) is 0 Å². The molecule has 0 aliphatic heterocycles. The van der Waals surface area contributed by atoms with Crippen LogP contribution in [0.15, 0.2) is 48.5 Å². The highest BCUT2D eigenvalue weighted by Gasteiger charge is 2.15. The van der Waals surface area contributed by atoms with Gasteiger partial charge in [0, 0.05) is 5.69 Å². The monoisotopic (exact) mass is 289 g/mol. The van der Waals surface area contributed by atoms with Crippen molar-refractivity contribution in [2.24, 2.45) is 0 Å². The lowest BCUT2D eigenvalue weighted by atomic mass is 10.2. The minimum absolute atomic E-state index is 0.310. The van der Waals surface area contributed by atoms with Gasteiger partial charge in [0.25, 0.3) is 0 Å². The Labute approximate surface area is 122 Å². The second kappa shape index (κ2) is 6.74. The standard InChI is InChI=1S/C16H16FNO3/c1-11(18-13-5-9-14(20-2)10-6-13)16(19)21-15-7-3-12(17)4-8-15/h3-11,18H,1-2H3.